The van der Waals surface area contributed by atoms with Crippen LogP contribution in [0.1, 0.15) is 141 Å². The van der Waals surface area contributed by atoms with Gasteiger partial charge in [0.05, 0.1) is 6.07 Å². The van der Waals surface area contributed by atoms with Gasteiger partial charge >= 0.3 is 0 Å². The van der Waals surface area contributed by atoms with Gasteiger partial charge in [0.2, 0.25) is 11.8 Å². The number of likely N-dealkylation sites (tertiary alicyclic amines) is 1. The second-order valence-electron chi connectivity index (χ2n) is 13.5. The van der Waals surface area contributed by atoms with Crippen LogP contribution in [0.2, 0.25) is 5.02 Å². The first-order chi connectivity index (χ1) is 23.7. The molecule has 6 nitrogen and oxygen atoms in total. The summed E-state index contributed by atoms with van der Waals surface area (Å²) in [5, 5.41) is 9.83. The van der Waals surface area contributed by atoms with Gasteiger partial charge < -0.3 is 14.7 Å². The van der Waals surface area contributed by atoms with Gasteiger partial charge in [-0.25, -0.2) is 0 Å². The molecule has 0 N–H and O–H groups in total. The molecule has 2 fully saturated rings. The molecule has 0 unspecified atom stereocenters. The zero-order chi connectivity index (χ0) is 39.5. The maximum absolute atomic E-state index is 12.1. The summed E-state index contributed by atoms with van der Waals surface area (Å²) in [5.74, 6) is 0.808. The van der Waals surface area contributed by atoms with Crippen molar-refractivity contribution >= 4 is 23.4 Å². The fourth-order valence-corrected chi connectivity index (χ4v) is 5.82. The van der Waals surface area contributed by atoms with Gasteiger partial charge in [0.25, 0.3) is 0 Å². The summed E-state index contributed by atoms with van der Waals surface area (Å²) in [7, 11) is 3.93. The van der Waals surface area contributed by atoms with E-state index >= 15 is 0 Å². The fourth-order valence-electron chi connectivity index (χ4n) is 5.69. The molecule has 0 spiro atoms. The second-order valence-corrected chi connectivity index (χ2v) is 13.9. The Balaban J connectivity index is -0.000000616. The highest BCUT2D eigenvalue weighted by atomic mass is 35.5. The smallest absolute Gasteiger partial charge is 0.226 e. The van der Waals surface area contributed by atoms with Crippen LogP contribution in [0.25, 0.3) is 0 Å². The molecule has 1 saturated heterocycles. The number of allylic oxidation sites excluding steroid dienone is 1. The average Bonchev–Trinajstić information content (AvgIpc) is 3.11. The van der Waals surface area contributed by atoms with Crippen molar-refractivity contribution in [3.63, 3.8) is 0 Å². The molecule has 1 saturated carbocycles. The van der Waals surface area contributed by atoms with Crippen molar-refractivity contribution in [1.29, 1.82) is 5.26 Å². The SMILES string of the molecule is CC.CC.CC.CC.CC(=O)N(C)CC=C(C)C.CC1=CCN(C(=O)C2CC(C)(C)C2)CC1.CN1CCC(CC#N)(c2ccc(Cl)cc2)CC1. The van der Waals surface area contributed by atoms with Crippen molar-refractivity contribution in [3.8, 4) is 6.07 Å². The third kappa shape index (κ3) is 20.3. The number of likely N-dealkylation sites (N-methyl/N-ethyl adjacent to an activating group) is 1. The molecule has 7 heteroatoms. The lowest BCUT2D eigenvalue weighted by atomic mass is 9.64. The highest BCUT2D eigenvalue weighted by Gasteiger charge is 2.42. The standard InChI is InChI=1S/C14H17ClN2.C13H21NO.C8H15NO.4C2H6/c1-17-10-7-14(6-9-16,8-11-17)12-2-4-13(15)5-3-12;1-10-4-6-14(7-5-10)12(15)11-8-13(2,3)9-11;1-7(2)5-6-9(4)8(3)10;4*1-2/h2-5H,6-8,10-11H2,1H3;4,11H,5-9H2,1-3H3;5H,6H2,1-4H3;4*1-2H3. The largest absolute Gasteiger partial charge is 0.342 e. The van der Waals surface area contributed by atoms with E-state index in [2.05, 4.69) is 57.0 Å². The molecule has 288 valence electrons. The Morgan fingerprint density at radius 2 is 1.44 bits per heavy atom. The number of nitrogens with zero attached hydrogens (tertiary/aromatic N) is 4. The van der Waals surface area contributed by atoms with Crippen LogP contribution >= 0.6 is 11.6 Å². The summed E-state index contributed by atoms with van der Waals surface area (Å²) in [6, 6.07) is 10.4. The van der Waals surface area contributed by atoms with Crippen molar-refractivity contribution in [2.75, 3.05) is 46.8 Å². The number of hydrogen-bond donors (Lipinski definition) is 0. The molecule has 2 heterocycles. The van der Waals surface area contributed by atoms with Crippen LogP contribution in [0.15, 0.2) is 47.6 Å². The van der Waals surface area contributed by atoms with Gasteiger partial charge in [-0.2, -0.15) is 5.26 Å². The van der Waals surface area contributed by atoms with Crippen LogP contribution in [0.5, 0.6) is 0 Å². The van der Waals surface area contributed by atoms with E-state index in [1.54, 1.807) is 18.9 Å². The summed E-state index contributed by atoms with van der Waals surface area (Å²) in [6.07, 6.45) is 10.1. The molecule has 50 heavy (non-hydrogen) atoms. The predicted octanol–water partition coefficient (Wildman–Crippen LogP) is 11.4. The average molecular weight is 718 g/mol. The van der Waals surface area contributed by atoms with Gasteiger partial charge in [0, 0.05) is 56.4 Å². The van der Waals surface area contributed by atoms with Crippen molar-refractivity contribution in [2.24, 2.45) is 11.3 Å². The number of carbonyl (C=O) groups is 2. The minimum Gasteiger partial charge on any atom is -0.342 e. The lowest BCUT2D eigenvalue weighted by Gasteiger charge is -2.44. The zero-order valence-electron chi connectivity index (χ0n) is 35.3. The van der Waals surface area contributed by atoms with E-state index in [4.69, 9.17) is 16.9 Å². The highest BCUT2D eigenvalue weighted by molar-refractivity contribution is 6.30. The minimum absolute atomic E-state index is 0.0336. The first-order valence-corrected chi connectivity index (χ1v) is 19.7. The number of nitriles is 1. The molecule has 2 amide bonds. The molecule has 1 aromatic carbocycles. The van der Waals surface area contributed by atoms with Crippen LogP contribution in [0.3, 0.4) is 0 Å². The van der Waals surface area contributed by atoms with Crippen LogP contribution in [-0.4, -0.2) is 73.3 Å². The van der Waals surface area contributed by atoms with E-state index in [-0.39, 0.29) is 11.3 Å². The van der Waals surface area contributed by atoms with Crippen molar-refractivity contribution in [1.82, 2.24) is 14.7 Å². The van der Waals surface area contributed by atoms with E-state index in [1.165, 1.54) is 16.7 Å². The van der Waals surface area contributed by atoms with E-state index in [1.807, 2.05) is 92.3 Å². The number of rotatable bonds is 5. The molecule has 0 radical (unpaired) electrons. The zero-order valence-corrected chi connectivity index (χ0v) is 36.1. The van der Waals surface area contributed by atoms with Crippen molar-refractivity contribution < 1.29 is 9.59 Å². The predicted molar refractivity (Wildman–Crippen MR) is 220 cm³/mol. The minimum atomic E-state index is 0.0336. The first kappa shape index (κ1) is 51.7. The monoisotopic (exact) mass is 717 g/mol. The lowest BCUT2D eigenvalue weighted by molar-refractivity contribution is -0.142. The van der Waals surface area contributed by atoms with Gasteiger partial charge in [0.1, 0.15) is 0 Å². The maximum atomic E-state index is 12.1. The molecular weight excluding hydrogens is 640 g/mol. The Bertz CT molecular complexity index is 1130. The topological polar surface area (TPSA) is 67.7 Å². The van der Waals surface area contributed by atoms with Gasteiger partial charge in [0.15, 0.2) is 0 Å². The van der Waals surface area contributed by atoms with Crippen LogP contribution in [0.4, 0.5) is 0 Å². The number of piperidine rings is 1. The summed E-state index contributed by atoms with van der Waals surface area (Å²) >= 11 is 5.92. The Kier molecular flexibility index (Phi) is 30.0. The molecule has 2 aliphatic heterocycles. The number of halogens is 1. The Morgan fingerprint density at radius 1 is 0.940 bits per heavy atom. The third-order valence-electron chi connectivity index (χ3n) is 8.82. The van der Waals surface area contributed by atoms with E-state index in [9.17, 15) is 9.59 Å². The molecule has 3 aliphatic rings. The molecule has 1 aromatic rings. The molecule has 0 aromatic heterocycles. The quantitative estimate of drug-likeness (QED) is 0.284. The van der Waals surface area contributed by atoms with Gasteiger partial charge in [-0.1, -0.05) is 116 Å². The second kappa shape index (κ2) is 29.0. The Hall–Kier alpha value is -2.62. The molecule has 4 rings (SSSR count). The molecule has 0 bridgehead atoms. The summed E-state index contributed by atoms with van der Waals surface area (Å²) in [5.41, 5.74) is 4.37. The summed E-state index contributed by atoms with van der Waals surface area (Å²) in [4.78, 5) is 28.7. The van der Waals surface area contributed by atoms with Crippen LogP contribution in [-0.2, 0) is 15.0 Å². The Morgan fingerprint density at radius 3 is 1.82 bits per heavy atom. The van der Waals surface area contributed by atoms with Crippen LogP contribution < -0.4 is 0 Å². The number of amides is 2. The molecular formula is C43H77ClN4O2. The first-order valence-electron chi connectivity index (χ1n) is 19.3. The van der Waals surface area contributed by atoms with Crippen molar-refractivity contribution in [3.05, 3.63) is 58.1 Å². The highest BCUT2D eigenvalue weighted by Crippen LogP contribution is 2.45. The van der Waals surface area contributed by atoms with E-state index < -0.39 is 0 Å². The van der Waals surface area contributed by atoms with Gasteiger partial charge in [-0.3, -0.25) is 9.59 Å². The summed E-state index contributed by atoms with van der Waals surface area (Å²) < 4.78 is 0. The number of benzene rings is 1. The van der Waals surface area contributed by atoms with Crippen molar-refractivity contribution in [2.45, 2.75) is 141 Å². The normalized spacial score (nSPS) is 16.7. The molecule has 0 atom stereocenters. The Labute approximate surface area is 315 Å². The van der Waals surface area contributed by atoms with Gasteiger partial charge in [-0.05, 0) is 96.1 Å². The summed E-state index contributed by atoms with van der Waals surface area (Å²) in [6.45, 7) is 32.9. The van der Waals surface area contributed by atoms with E-state index in [0.29, 0.717) is 23.7 Å². The van der Waals surface area contributed by atoms with E-state index in [0.717, 1.165) is 69.9 Å². The van der Waals surface area contributed by atoms with Crippen LogP contribution in [0, 0.1) is 22.7 Å². The lowest BCUT2D eigenvalue weighted by Crippen LogP contribution is -2.46. The van der Waals surface area contributed by atoms with Gasteiger partial charge in [-0.15, -0.1) is 0 Å². The maximum Gasteiger partial charge on any atom is 0.226 e. The molecule has 1 aliphatic carbocycles. The number of hydrogen-bond acceptors (Lipinski definition) is 4. The number of carbonyl (C=O) groups excluding carboxylic acids is 2. The third-order valence-corrected chi connectivity index (χ3v) is 9.08. The fraction of sp³-hybridized carbons (Fsp3) is 0.698.